The van der Waals surface area contributed by atoms with E-state index in [0.29, 0.717) is 5.56 Å². The molecule has 32 heavy (non-hydrogen) atoms. The number of para-hydroxylation sites is 2. The Hall–Kier alpha value is -2.38. The van der Waals surface area contributed by atoms with E-state index in [1.54, 1.807) is 4.90 Å². The fraction of sp³-hybridized carbons (Fsp3) is 0.296. The van der Waals surface area contributed by atoms with Crippen LogP contribution in [0.1, 0.15) is 37.6 Å². The number of carbonyl (C=O) groups is 1. The highest BCUT2D eigenvalue weighted by molar-refractivity contribution is 14.1. The van der Waals surface area contributed by atoms with Gasteiger partial charge in [0.1, 0.15) is 0 Å². The minimum absolute atomic E-state index is 0.243. The Balaban J connectivity index is 0.00000176. The van der Waals surface area contributed by atoms with Crippen molar-refractivity contribution in [2.45, 2.75) is 32.9 Å². The average molecular weight is 544 g/mol. The summed E-state index contributed by atoms with van der Waals surface area (Å²) < 4.78 is 0. The highest BCUT2D eigenvalue weighted by atomic mass is 127. The molecule has 4 nitrogen and oxygen atoms in total. The number of benzene rings is 3. The molecule has 3 aromatic carbocycles. The predicted octanol–water partition coefficient (Wildman–Crippen LogP) is 6.70. The molecule has 0 radical (unpaired) electrons. The molecule has 0 aromatic heterocycles. The third kappa shape index (κ3) is 5.70. The molecule has 0 aliphatic heterocycles. The lowest BCUT2D eigenvalue weighted by Gasteiger charge is -2.39. The Kier molecular flexibility index (Phi) is 10.2. The molecule has 1 N–H and O–H groups in total. The average Bonchev–Trinajstić information content (AvgIpc) is 2.87. The maximum absolute atomic E-state index is 13.6. The van der Waals surface area contributed by atoms with E-state index in [2.05, 4.69) is 41.3 Å². The maximum atomic E-state index is 13.6. The van der Waals surface area contributed by atoms with Gasteiger partial charge in [0.2, 0.25) is 11.5 Å². The zero-order valence-electron chi connectivity index (χ0n) is 19.3. The zero-order chi connectivity index (χ0) is 23.6. The molecule has 0 saturated carbocycles. The number of aliphatic hydroxyl groups is 1. The van der Waals surface area contributed by atoms with Crippen molar-refractivity contribution in [1.29, 1.82) is 0 Å². The van der Waals surface area contributed by atoms with Gasteiger partial charge < -0.3 is 14.9 Å². The molecule has 1 atom stereocenters. The largest absolute Gasteiger partial charge is 0.372 e. The summed E-state index contributed by atoms with van der Waals surface area (Å²) in [7, 11) is 0. The summed E-state index contributed by atoms with van der Waals surface area (Å²) in [5.74, 6) is -0.316. The number of nitrogens with zero attached hydrogens (tertiary/aromatic N) is 2. The van der Waals surface area contributed by atoms with Crippen LogP contribution in [-0.2, 0) is 0 Å². The van der Waals surface area contributed by atoms with Gasteiger partial charge in [-0.3, -0.25) is 4.79 Å². The Morgan fingerprint density at radius 3 is 1.56 bits per heavy atom. The summed E-state index contributed by atoms with van der Waals surface area (Å²) >= 11 is 2.15. The lowest BCUT2D eigenvalue weighted by Crippen LogP contribution is -2.52. The van der Waals surface area contributed by atoms with Crippen molar-refractivity contribution in [2.24, 2.45) is 0 Å². The van der Waals surface area contributed by atoms with E-state index in [9.17, 15) is 9.90 Å². The smallest absolute Gasteiger partial charge is 0.215 e. The van der Waals surface area contributed by atoms with Crippen LogP contribution >= 0.6 is 22.6 Å². The fourth-order valence-corrected chi connectivity index (χ4v) is 3.79. The molecule has 3 rings (SSSR count). The molecule has 5 heteroatoms. The highest BCUT2D eigenvalue weighted by Crippen LogP contribution is 2.36. The monoisotopic (exact) mass is 544 g/mol. The molecule has 0 aliphatic carbocycles. The van der Waals surface area contributed by atoms with Gasteiger partial charge in [-0.2, -0.15) is 0 Å². The second-order valence-corrected chi connectivity index (χ2v) is 7.22. The lowest BCUT2D eigenvalue weighted by molar-refractivity contribution is 0.0331. The third-order valence-corrected chi connectivity index (χ3v) is 5.51. The Morgan fingerprint density at radius 2 is 1.19 bits per heavy atom. The van der Waals surface area contributed by atoms with Gasteiger partial charge in [-0.1, -0.05) is 65.9 Å². The summed E-state index contributed by atoms with van der Waals surface area (Å²) in [6.45, 7) is 7.85. The summed E-state index contributed by atoms with van der Waals surface area (Å²) in [5, 5.41) is 11.7. The van der Waals surface area contributed by atoms with Crippen molar-refractivity contribution in [3.63, 3.8) is 0 Å². The van der Waals surface area contributed by atoms with Crippen molar-refractivity contribution in [3.8, 4) is 0 Å². The van der Waals surface area contributed by atoms with Gasteiger partial charge in [0, 0.05) is 42.1 Å². The van der Waals surface area contributed by atoms with E-state index in [4.69, 9.17) is 0 Å². The van der Waals surface area contributed by atoms with Crippen LogP contribution in [0.25, 0.3) is 0 Å². The number of Topliss-reactive ketones (excluding diaryl/α,β-unsaturated/α-hetero) is 1. The molecule has 1 unspecified atom stereocenters. The Morgan fingerprint density at radius 1 is 0.750 bits per heavy atom. The van der Waals surface area contributed by atoms with Gasteiger partial charge in [0.05, 0.1) is 0 Å². The standard InChI is InChI=1S/C26H30N2O2.CH3I/c1-4-26(30,25(29)21-17-19-22(20-18-21)27(5-2)6-3)28(23-13-9-7-10-14-23)24-15-11-8-12-16-24;1-2/h7-20,30H,4-6H2,1-3H3;1H3. The molecular weight excluding hydrogens is 511 g/mol. The van der Waals surface area contributed by atoms with E-state index < -0.39 is 5.72 Å². The topological polar surface area (TPSA) is 43.8 Å². The van der Waals surface area contributed by atoms with Crippen LogP contribution in [0.2, 0.25) is 0 Å². The van der Waals surface area contributed by atoms with Crippen LogP contribution in [0.15, 0.2) is 84.9 Å². The second-order valence-electron chi connectivity index (χ2n) is 7.22. The van der Waals surface area contributed by atoms with Crippen molar-refractivity contribution in [3.05, 3.63) is 90.5 Å². The normalized spacial score (nSPS) is 12.2. The molecule has 0 spiro atoms. The Bertz CT molecular complexity index is 905. The van der Waals surface area contributed by atoms with Gasteiger partial charge in [-0.05, 0) is 67.3 Å². The quantitative estimate of drug-likeness (QED) is 0.141. The summed E-state index contributed by atoms with van der Waals surface area (Å²) in [6, 6.07) is 26.6. The first-order valence-electron chi connectivity index (χ1n) is 11.0. The zero-order valence-corrected chi connectivity index (χ0v) is 21.5. The number of hydrogen-bond donors (Lipinski definition) is 1. The van der Waals surface area contributed by atoms with Gasteiger partial charge in [0.15, 0.2) is 0 Å². The van der Waals surface area contributed by atoms with Crippen molar-refractivity contribution in [1.82, 2.24) is 0 Å². The maximum Gasteiger partial charge on any atom is 0.215 e. The summed E-state index contributed by atoms with van der Waals surface area (Å²) in [4.78, 5) is 19.5. The van der Waals surface area contributed by atoms with Crippen LogP contribution in [0.4, 0.5) is 17.1 Å². The SMILES string of the molecule is CCN(CC)c1ccc(C(=O)C(O)(CC)N(c2ccccc2)c2ccccc2)cc1.CI. The molecule has 170 valence electrons. The number of rotatable bonds is 9. The molecule has 0 amide bonds. The minimum atomic E-state index is -1.71. The van der Waals surface area contributed by atoms with Crippen molar-refractivity contribution in [2.75, 3.05) is 27.8 Å². The van der Waals surface area contributed by atoms with Crippen LogP contribution < -0.4 is 9.80 Å². The van der Waals surface area contributed by atoms with E-state index in [0.717, 1.165) is 30.2 Å². The first kappa shape index (κ1) is 25.9. The van der Waals surface area contributed by atoms with E-state index in [1.807, 2.05) is 96.8 Å². The van der Waals surface area contributed by atoms with E-state index in [-0.39, 0.29) is 12.2 Å². The molecular formula is C27H33IN2O2. The highest BCUT2D eigenvalue weighted by Gasteiger charge is 2.42. The lowest BCUT2D eigenvalue weighted by atomic mass is 9.94. The minimum Gasteiger partial charge on any atom is -0.372 e. The summed E-state index contributed by atoms with van der Waals surface area (Å²) in [6.07, 6.45) is 0.243. The number of anilines is 3. The molecule has 0 fully saturated rings. The first-order valence-corrected chi connectivity index (χ1v) is 13.1. The van der Waals surface area contributed by atoms with Crippen LogP contribution in [0.5, 0.6) is 0 Å². The van der Waals surface area contributed by atoms with Gasteiger partial charge in [-0.15, -0.1) is 0 Å². The van der Waals surface area contributed by atoms with Crippen LogP contribution in [0, 0.1) is 0 Å². The van der Waals surface area contributed by atoms with Gasteiger partial charge in [0.25, 0.3) is 0 Å². The number of halogens is 1. The molecule has 0 bridgehead atoms. The molecule has 0 saturated heterocycles. The molecule has 0 heterocycles. The van der Waals surface area contributed by atoms with Gasteiger partial charge >= 0.3 is 0 Å². The molecule has 0 aliphatic rings. The van der Waals surface area contributed by atoms with Crippen LogP contribution in [0.3, 0.4) is 0 Å². The van der Waals surface area contributed by atoms with Gasteiger partial charge in [-0.25, -0.2) is 0 Å². The summed E-state index contributed by atoms with van der Waals surface area (Å²) in [5.41, 5.74) is 1.38. The van der Waals surface area contributed by atoms with E-state index >= 15 is 0 Å². The van der Waals surface area contributed by atoms with Crippen molar-refractivity contribution >= 4 is 45.4 Å². The number of alkyl halides is 1. The fourth-order valence-electron chi connectivity index (χ4n) is 3.79. The van der Waals surface area contributed by atoms with Crippen LogP contribution in [-0.4, -0.2) is 34.6 Å². The number of carbonyl (C=O) groups excluding carboxylic acids is 1. The first-order chi connectivity index (χ1) is 15.5. The Labute approximate surface area is 206 Å². The predicted molar refractivity (Wildman–Crippen MR) is 145 cm³/mol. The third-order valence-electron chi connectivity index (χ3n) is 5.51. The number of hydrogen-bond acceptors (Lipinski definition) is 4. The number of ketones is 1. The van der Waals surface area contributed by atoms with E-state index in [1.165, 1.54) is 0 Å². The molecule has 3 aromatic rings. The van der Waals surface area contributed by atoms with Crippen molar-refractivity contribution < 1.29 is 9.90 Å². The second kappa shape index (κ2) is 12.6.